The van der Waals surface area contributed by atoms with Crippen molar-refractivity contribution in [2.24, 2.45) is 5.41 Å². The van der Waals surface area contributed by atoms with Crippen molar-refractivity contribution in [3.63, 3.8) is 0 Å². The molecule has 0 aliphatic rings. The first-order valence-corrected chi connectivity index (χ1v) is 6.30. The first kappa shape index (κ1) is 19.5. The van der Waals surface area contributed by atoms with Gasteiger partial charge in [-0.3, -0.25) is 0 Å². The summed E-state index contributed by atoms with van der Waals surface area (Å²) in [4.78, 5) is 9.25. The van der Waals surface area contributed by atoms with E-state index in [1.807, 2.05) is 24.3 Å². The van der Waals surface area contributed by atoms with E-state index in [-0.39, 0.29) is 5.41 Å². The highest BCUT2D eigenvalue weighted by Gasteiger charge is 2.24. The van der Waals surface area contributed by atoms with Crippen LogP contribution in [0.25, 0.3) is 0 Å². The van der Waals surface area contributed by atoms with Gasteiger partial charge in [0, 0.05) is 6.08 Å². The first-order valence-electron chi connectivity index (χ1n) is 6.30. The van der Waals surface area contributed by atoms with Crippen LogP contribution >= 0.6 is 0 Å². The lowest BCUT2D eigenvalue weighted by atomic mass is 9.74. The van der Waals surface area contributed by atoms with Crippen molar-refractivity contribution in [3.05, 3.63) is 63.3 Å². The molecular formula is C17H26O2. The molecule has 0 aliphatic carbocycles. The molecule has 0 aromatic rings. The molecule has 0 fully saturated rings. The number of rotatable bonds is 10. The Kier molecular flexibility index (Phi) is 13.0. The molecule has 106 valence electrons. The highest BCUT2D eigenvalue weighted by molar-refractivity contribution is 5.78. The van der Waals surface area contributed by atoms with E-state index in [4.69, 9.17) is 5.11 Å². The summed E-state index contributed by atoms with van der Waals surface area (Å²) in [5, 5.41) is 7.60. The minimum absolute atomic E-state index is 0.277. The van der Waals surface area contributed by atoms with Gasteiger partial charge in [-0.15, -0.1) is 26.3 Å². The molecule has 0 atom stereocenters. The van der Waals surface area contributed by atoms with Gasteiger partial charge in [-0.25, -0.2) is 4.79 Å². The van der Waals surface area contributed by atoms with Crippen LogP contribution < -0.4 is 0 Å². The number of hydrogen-bond donors (Lipinski definition) is 1. The van der Waals surface area contributed by atoms with E-state index in [9.17, 15) is 4.79 Å². The molecule has 2 nitrogen and oxygen atoms in total. The van der Waals surface area contributed by atoms with Crippen molar-refractivity contribution in [1.29, 1.82) is 0 Å². The molecule has 0 radical (unpaired) electrons. The molecular weight excluding hydrogens is 236 g/mol. The summed E-state index contributed by atoms with van der Waals surface area (Å²) in [6, 6.07) is 0. The van der Waals surface area contributed by atoms with Crippen LogP contribution in [-0.2, 0) is 4.79 Å². The minimum atomic E-state index is -0.981. The van der Waals surface area contributed by atoms with Gasteiger partial charge < -0.3 is 5.11 Å². The molecule has 2 heteroatoms. The summed E-state index contributed by atoms with van der Waals surface area (Å²) in [7, 11) is 0. The Morgan fingerprint density at radius 1 is 0.895 bits per heavy atom. The highest BCUT2D eigenvalue weighted by Crippen LogP contribution is 2.37. The second-order valence-electron chi connectivity index (χ2n) is 4.35. The maximum absolute atomic E-state index is 9.25. The van der Waals surface area contributed by atoms with Crippen molar-refractivity contribution < 1.29 is 9.90 Å². The van der Waals surface area contributed by atoms with Crippen LogP contribution in [0, 0.1) is 5.41 Å². The van der Waals surface area contributed by atoms with Crippen LogP contribution in [0.1, 0.15) is 32.1 Å². The lowest BCUT2D eigenvalue weighted by Gasteiger charge is -2.30. The second kappa shape index (κ2) is 12.6. The summed E-state index contributed by atoms with van der Waals surface area (Å²) >= 11 is 0. The van der Waals surface area contributed by atoms with Crippen molar-refractivity contribution in [1.82, 2.24) is 0 Å². The molecule has 0 spiro atoms. The maximum atomic E-state index is 9.25. The fraction of sp³-hybridized carbons (Fsp3) is 0.353. The zero-order chi connectivity index (χ0) is 15.1. The third kappa shape index (κ3) is 11.0. The minimum Gasteiger partial charge on any atom is -0.478 e. The van der Waals surface area contributed by atoms with Gasteiger partial charge in [0.15, 0.2) is 0 Å². The molecule has 0 rings (SSSR count). The number of hydrogen-bond acceptors (Lipinski definition) is 1. The molecule has 0 saturated carbocycles. The van der Waals surface area contributed by atoms with Crippen molar-refractivity contribution >= 4 is 5.97 Å². The molecule has 0 aliphatic heterocycles. The summed E-state index contributed by atoms with van der Waals surface area (Å²) in [5.74, 6) is -0.981. The molecule has 0 aromatic heterocycles. The fourth-order valence-electron chi connectivity index (χ4n) is 1.88. The first-order chi connectivity index (χ1) is 9.01. The van der Waals surface area contributed by atoms with E-state index in [1.165, 1.54) is 0 Å². The molecule has 0 aromatic carbocycles. The van der Waals surface area contributed by atoms with Gasteiger partial charge in [-0.05, 0) is 37.5 Å². The predicted molar refractivity (Wildman–Crippen MR) is 84.1 cm³/mol. The predicted octanol–water partition coefficient (Wildman–Crippen LogP) is 4.92. The van der Waals surface area contributed by atoms with Crippen molar-refractivity contribution in [2.75, 3.05) is 0 Å². The number of carbonyl (C=O) groups is 1. The second-order valence-corrected chi connectivity index (χ2v) is 4.35. The monoisotopic (exact) mass is 262 g/mol. The van der Waals surface area contributed by atoms with Gasteiger partial charge in [-0.1, -0.05) is 30.9 Å². The Balaban J connectivity index is 0. The van der Waals surface area contributed by atoms with Gasteiger partial charge in [0.05, 0.1) is 0 Å². The lowest BCUT2D eigenvalue weighted by molar-refractivity contribution is -0.131. The molecule has 0 amide bonds. The Labute approximate surface area is 117 Å². The van der Waals surface area contributed by atoms with Crippen LogP contribution in [0.15, 0.2) is 63.3 Å². The lowest BCUT2D eigenvalue weighted by Crippen LogP contribution is -2.18. The summed E-state index contributed by atoms with van der Waals surface area (Å²) < 4.78 is 0. The Bertz CT molecular complexity index is 287. The van der Waals surface area contributed by atoms with Crippen molar-refractivity contribution in [2.45, 2.75) is 32.1 Å². The number of carboxylic acids is 1. The van der Waals surface area contributed by atoms with E-state index in [1.54, 1.807) is 0 Å². The van der Waals surface area contributed by atoms with Crippen molar-refractivity contribution in [3.8, 4) is 0 Å². The topological polar surface area (TPSA) is 37.3 Å². The standard InChI is InChI=1S/C14H22.C3H4O2/c1-5-9-13-14(10-6-2,11-7-3)12-8-4;1-2-3(4)5/h5-8H,1-4,9-13H2;2H,1H2,(H,4,5). The SMILES string of the molecule is C=CC(=O)O.C=CCCC(CC=C)(CC=C)CC=C. The Morgan fingerprint density at radius 3 is 1.47 bits per heavy atom. The van der Waals surface area contributed by atoms with Gasteiger partial charge in [0.1, 0.15) is 0 Å². The molecule has 0 heterocycles. The summed E-state index contributed by atoms with van der Waals surface area (Å²) in [6.07, 6.45) is 14.1. The number of aliphatic carboxylic acids is 1. The molecule has 0 bridgehead atoms. The van der Waals surface area contributed by atoms with Crippen LogP contribution in [0.5, 0.6) is 0 Å². The third-order valence-corrected chi connectivity index (χ3v) is 2.79. The smallest absolute Gasteiger partial charge is 0.327 e. The average molecular weight is 262 g/mol. The normalized spacial score (nSPS) is 9.47. The largest absolute Gasteiger partial charge is 0.478 e. The number of allylic oxidation sites excluding steroid dienone is 4. The van der Waals surface area contributed by atoms with Crippen LogP contribution in [-0.4, -0.2) is 11.1 Å². The van der Waals surface area contributed by atoms with Gasteiger partial charge >= 0.3 is 5.97 Å². The molecule has 19 heavy (non-hydrogen) atoms. The molecule has 0 saturated heterocycles. The number of carboxylic acid groups (broad SMARTS) is 1. The van der Waals surface area contributed by atoms with E-state index in [2.05, 4.69) is 32.9 Å². The van der Waals surface area contributed by atoms with E-state index in [0.29, 0.717) is 0 Å². The molecule has 0 unspecified atom stereocenters. The van der Waals surface area contributed by atoms with E-state index < -0.39 is 5.97 Å². The summed E-state index contributed by atoms with van der Waals surface area (Å²) in [5.41, 5.74) is 0.277. The van der Waals surface area contributed by atoms with Gasteiger partial charge in [-0.2, -0.15) is 0 Å². The molecule has 1 N–H and O–H groups in total. The Morgan fingerprint density at radius 2 is 1.26 bits per heavy atom. The maximum Gasteiger partial charge on any atom is 0.327 e. The quantitative estimate of drug-likeness (QED) is 0.448. The summed E-state index contributed by atoms with van der Waals surface area (Å²) in [6.45, 7) is 18.2. The van der Waals surface area contributed by atoms with Gasteiger partial charge in [0.2, 0.25) is 0 Å². The zero-order valence-electron chi connectivity index (χ0n) is 11.8. The van der Waals surface area contributed by atoms with Crippen LogP contribution in [0.2, 0.25) is 0 Å². The van der Waals surface area contributed by atoms with Gasteiger partial charge in [0.25, 0.3) is 0 Å². The fourth-order valence-corrected chi connectivity index (χ4v) is 1.88. The van der Waals surface area contributed by atoms with E-state index in [0.717, 1.165) is 38.2 Å². The zero-order valence-corrected chi connectivity index (χ0v) is 11.8. The third-order valence-electron chi connectivity index (χ3n) is 2.79. The van der Waals surface area contributed by atoms with Crippen LogP contribution in [0.4, 0.5) is 0 Å². The Hall–Kier alpha value is -1.83. The highest BCUT2D eigenvalue weighted by atomic mass is 16.4. The average Bonchev–Trinajstić information content (AvgIpc) is 2.38. The van der Waals surface area contributed by atoms with Crippen LogP contribution in [0.3, 0.4) is 0 Å². The van der Waals surface area contributed by atoms with E-state index >= 15 is 0 Å².